The summed E-state index contributed by atoms with van der Waals surface area (Å²) in [7, 11) is 0. The summed E-state index contributed by atoms with van der Waals surface area (Å²) < 4.78 is 2.01. The minimum Gasteiger partial charge on any atom is -0.356 e. The van der Waals surface area contributed by atoms with Crippen molar-refractivity contribution in [2.24, 2.45) is 5.92 Å². The van der Waals surface area contributed by atoms with Crippen molar-refractivity contribution < 1.29 is 0 Å². The number of piperidine rings is 1. The zero-order valence-electron chi connectivity index (χ0n) is 13.0. The van der Waals surface area contributed by atoms with Crippen molar-refractivity contribution in [2.45, 2.75) is 33.2 Å². The number of pyridine rings is 1. The number of nitriles is 1. The fourth-order valence-corrected chi connectivity index (χ4v) is 3.04. The van der Waals surface area contributed by atoms with E-state index in [1.165, 1.54) is 6.42 Å². The maximum Gasteiger partial charge on any atom is 0.147 e. The smallest absolute Gasteiger partial charge is 0.147 e. The topological polar surface area (TPSA) is 70.6 Å². The van der Waals surface area contributed by atoms with E-state index in [1.807, 2.05) is 30.7 Å². The Hall–Kier alpha value is -2.42. The lowest BCUT2D eigenvalue weighted by Gasteiger charge is -2.33. The molecule has 1 aliphatic rings. The number of rotatable bonds is 3. The second kappa shape index (κ2) is 6.14. The zero-order chi connectivity index (χ0) is 15.5. The van der Waals surface area contributed by atoms with Gasteiger partial charge < -0.3 is 4.90 Å². The highest BCUT2D eigenvalue weighted by Crippen LogP contribution is 2.23. The van der Waals surface area contributed by atoms with Crippen LogP contribution in [0.3, 0.4) is 0 Å². The highest BCUT2D eigenvalue weighted by molar-refractivity contribution is 5.42. The fourth-order valence-electron chi connectivity index (χ4n) is 3.04. The first-order chi connectivity index (χ1) is 10.7. The normalized spacial score (nSPS) is 18.2. The van der Waals surface area contributed by atoms with Gasteiger partial charge in [0.1, 0.15) is 23.5 Å². The highest BCUT2D eigenvalue weighted by Gasteiger charge is 2.22. The van der Waals surface area contributed by atoms with Crippen LogP contribution in [0.25, 0.3) is 0 Å². The largest absolute Gasteiger partial charge is 0.356 e. The van der Waals surface area contributed by atoms with Crippen LogP contribution >= 0.6 is 0 Å². The summed E-state index contributed by atoms with van der Waals surface area (Å²) in [6.07, 6.45) is 3.99. The van der Waals surface area contributed by atoms with Crippen molar-refractivity contribution in [1.82, 2.24) is 19.7 Å². The molecule has 1 atom stereocenters. The Bertz CT molecular complexity index is 682. The minimum atomic E-state index is 0.547. The Morgan fingerprint density at radius 1 is 1.36 bits per heavy atom. The molecule has 2 aromatic heterocycles. The molecule has 2 aromatic rings. The van der Waals surface area contributed by atoms with Gasteiger partial charge in [-0.25, -0.2) is 14.6 Å². The lowest BCUT2D eigenvalue weighted by molar-refractivity contribution is 0.346. The van der Waals surface area contributed by atoms with Crippen LogP contribution in [0, 0.1) is 31.1 Å². The number of nitrogens with zero attached hydrogens (tertiary/aromatic N) is 6. The van der Waals surface area contributed by atoms with E-state index in [2.05, 4.69) is 26.0 Å². The van der Waals surface area contributed by atoms with Crippen molar-refractivity contribution in [3.8, 4) is 6.07 Å². The molecule has 0 spiro atoms. The molecular formula is C16H20N6. The second-order valence-electron chi connectivity index (χ2n) is 5.86. The van der Waals surface area contributed by atoms with Gasteiger partial charge in [-0.05, 0) is 44.7 Å². The molecule has 114 valence electrons. The molecule has 0 amide bonds. The van der Waals surface area contributed by atoms with Crippen molar-refractivity contribution >= 4 is 5.82 Å². The predicted octanol–water partition coefficient (Wildman–Crippen LogP) is 2.08. The van der Waals surface area contributed by atoms with E-state index in [4.69, 9.17) is 5.26 Å². The molecule has 0 radical (unpaired) electrons. The maximum atomic E-state index is 8.85. The molecule has 6 heteroatoms. The standard InChI is InChI=1S/C16H20N6/c1-12-19-13(2)22(20-12)11-15-4-3-7-21(10-15)16-6-5-14(8-17)9-18-16/h5-6,9,15H,3-4,7,10-11H2,1-2H3/t15-/m0/s1. The Balaban J connectivity index is 1.68. The maximum absolute atomic E-state index is 8.85. The second-order valence-corrected chi connectivity index (χ2v) is 5.86. The van der Waals surface area contributed by atoms with Gasteiger partial charge in [0.05, 0.1) is 5.56 Å². The number of hydrogen-bond acceptors (Lipinski definition) is 5. The molecule has 1 saturated heterocycles. The van der Waals surface area contributed by atoms with Crippen LogP contribution in [-0.4, -0.2) is 32.8 Å². The van der Waals surface area contributed by atoms with Crippen molar-refractivity contribution in [3.05, 3.63) is 35.5 Å². The molecule has 3 heterocycles. The van der Waals surface area contributed by atoms with Crippen molar-refractivity contribution in [3.63, 3.8) is 0 Å². The molecule has 0 aromatic carbocycles. The Morgan fingerprint density at radius 3 is 2.86 bits per heavy atom. The van der Waals surface area contributed by atoms with Gasteiger partial charge in [-0.1, -0.05) is 0 Å². The average molecular weight is 296 g/mol. The lowest BCUT2D eigenvalue weighted by atomic mass is 9.98. The first kappa shape index (κ1) is 14.5. The summed E-state index contributed by atoms with van der Waals surface area (Å²) >= 11 is 0. The van der Waals surface area contributed by atoms with Crippen LogP contribution in [0.4, 0.5) is 5.82 Å². The molecule has 3 rings (SSSR count). The van der Waals surface area contributed by atoms with Gasteiger partial charge in [-0.15, -0.1) is 0 Å². The molecule has 0 bridgehead atoms. The average Bonchev–Trinajstić information content (AvgIpc) is 2.85. The molecule has 0 N–H and O–H groups in total. The van der Waals surface area contributed by atoms with E-state index < -0.39 is 0 Å². The van der Waals surface area contributed by atoms with Gasteiger partial charge in [0.15, 0.2) is 0 Å². The summed E-state index contributed by atoms with van der Waals surface area (Å²) in [5, 5.41) is 13.3. The third-order valence-corrected chi connectivity index (χ3v) is 4.11. The SMILES string of the molecule is Cc1nc(C)n(C[C@H]2CCCN(c3ccc(C#N)cn3)C2)n1. The Kier molecular flexibility index (Phi) is 4.05. The van der Waals surface area contributed by atoms with E-state index in [9.17, 15) is 0 Å². The first-order valence-electron chi connectivity index (χ1n) is 7.65. The third kappa shape index (κ3) is 3.08. The van der Waals surface area contributed by atoms with Gasteiger partial charge in [-0.2, -0.15) is 10.4 Å². The van der Waals surface area contributed by atoms with E-state index in [-0.39, 0.29) is 0 Å². The Morgan fingerprint density at radius 2 is 2.23 bits per heavy atom. The van der Waals surface area contributed by atoms with Crippen LogP contribution in [0.15, 0.2) is 18.3 Å². The molecular weight excluding hydrogens is 276 g/mol. The van der Waals surface area contributed by atoms with Crippen LogP contribution < -0.4 is 4.90 Å². The number of anilines is 1. The summed E-state index contributed by atoms with van der Waals surface area (Å²) in [5.41, 5.74) is 0.603. The summed E-state index contributed by atoms with van der Waals surface area (Å²) in [4.78, 5) is 11.1. The van der Waals surface area contributed by atoms with Crippen LogP contribution in [-0.2, 0) is 6.54 Å². The fraction of sp³-hybridized carbons (Fsp3) is 0.500. The molecule has 1 aliphatic heterocycles. The first-order valence-corrected chi connectivity index (χ1v) is 7.65. The van der Waals surface area contributed by atoms with E-state index >= 15 is 0 Å². The van der Waals surface area contributed by atoms with Crippen LogP contribution in [0.5, 0.6) is 0 Å². The molecule has 1 fully saturated rings. The molecule has 0 unspecified atom stereocenters. The predicted molar refractivity (Wildman–Crippen MR) is 83.4 cm³/mol. The van der Waals surface area contributed by atoms with Crippen LogP contribution in [0.1, 0.15) is 30.1 Å². The number of hydrogen-bond donors (Lipinski definition) is 0. The minimum absolute atomic E-state index is 0.547. The molecule has 0 saturated carbocycles. The van der Waals surface area contributed by atoms with Gasteiger partial charge in [0, 0.05) is 25.8 Å². The summed E-state index contributed by atoms with van der Waals surface area (Å²) in [6.45, 7) is 6.82. The monoisotopic (exact) mass is 296 g/mol. The van der Waals surface area contributed by atoms with Crippen LogP contribution in [0.2, 0.25) is 0 Å². The zero-order valence-corrected chi connectivity index (χ0v) is 13.0. The Labute approximate surface area is 130 Å². The summed E-state index contributed by atoms with van der Waals surface area (Å²) in [6, 6.07) is 5.87. The highest BCUT2D eigenvalue weighted by atomic mass is 15.3. The number of aryl methyl sites for hydroxylation is 2. The van der Waals surface area contributed by atoms with Crippen molar-refractivity contribution in [2.75, 3.05) is 18.0 Å². The van der Waals surface area contributed by atoms with E-state index in [0.717, 1.165) is 43.5 Å². The van der Waals surface area contributed by atoms with Gasteiger partial charge >= 0.3 is 0 Å². The molecule has 6 nitrogen and oxygen atoms in total. The lowest BCUT2D eigenvalue weighted by Crippen LogP contribution is -2.37. The quantitative estimate of drug-likeness (QED) is 0.867. The van der Waals surface area contributed by atoms with Gasteiger partial charge in [-0.3, -0.25) is 0 Å². The van der Waals surface area contributed by atoms with Crippen molar-refractivity contribution in [1.29, 1.82) is 5.26 Å². The molecule has 22 heavy (non-hydrogen) atoms. The van der Waals surface area contributed by atoms with Gasteiger partial charge in [0.2, 0.25) is 0 Å². The van der Waals surface area contributed by atoms with Gasteiger partial charge in [0.25, 0.3) is 0 Å². The third-order valence-electron chi connectivity index (χ3n) is 4.11. The van der Waals surface area contributed by atoms with E-state index in [0.29, 0.717) is 11.5 Å². The number of aromatic nitrogens is 4. The summed E-state index contributed by atoms with van der Waals surface area (Å²) in [5.74, 6) is 3.31. The van der Waals surface area contributed by atoms with E-state index in [1.54, 1.807) is 6.20 Å². The molecule has 0 aliphatic carbocycles.